The van der Waals surface area contributed by atoms with Gasteiger partial charge < -0.3 is 14.2 Å². The van der Waals surface area contributed by atoms with Crippen molar-refractivity contribution in [2.75, 3.05) is 20.2 Å². The van der Waals surface area contributed by atoms with Gasteiger partial charge in [0.15, 0.2) is 0 Å². The van der Waals surface area contributed by atoms with Crippen LogP contribution in [0, 0.1) is 5.82 Å². The lowest BCUT2D eigenvalue weighted by molar-refractivity contribution is 0.0695. The molecule has 0 bridgehead atoms. The van der Waals surface area contributed by atoms with E-state index in [1.54, 1.807) is 24.1 Å². The Morgan fingerprint density at radius 1 is 1.25 bits per heavy atom. The number of halogens is 1. The standard InChI is InChI=1S/C21H20FN3O3/c1-27-18-9-3-5-14(12-18)19-23-20(28-24-19)16-7-4-10-25(13-16)21(26)15-6-2-8-17(22)11-15/h2-3,5-6,8-9,11-12,16H,4,7,10,13H2,1H3/t16-/m1/s1. The van der Waals surface area contributed by atoms with Crippen LogP contribution in [0.25, 0.3) is 11.4 Å². The minimum absolute atomic E-state index is 0.0434. The SMILES string of the molecule is COc1cccc(-c2noc([C@@H]3CCCN(C(=O)c4cccc(F)c4)C3)n2)c1. The highest BCUT2D eigenvalue weighted by atomic mass is 19.1. The summed E-state index contributed by atoms with van der Waals surface area (Å²) in [6, 6.07) is 13.2. The fraction of sp³-hybridized carbons (Fsp3) is 0.286. The molecule has 4 rings (SSSR count). The fourth-order valence-electron chi connectivity index (χ4n) is 3.45. The zero-order valence-corrected chi connectivity index (χ0v) is 15.5. The topological polar surface area (TPSA) is 68.5 Å². The summed E-state index contributed by atoms with van der Waals surface area (Å²) >= 11 is 0. The molecular weight excluding hydrogens is 361 g/mol. The maximum absolute atomic E-state index is 13.4. The number of carbonyl (C=O) groups excluding carboxylic acids is 1. The van der Waals surface area contributed by atoms with E-state index in [1.165, 1.54) is 12.1 Å². The first-order valence-electron chi connectivity index (χ1n) is 9.17. The van der Waals surface area contributed by atoms with Crippen LogP contribution in [0.2, 0.25) is 0 Å². The number of rotatable bonds is 4. The predicted molar refractivity (Wildman–Crippen MR) is 101 cm³/mol. The summed E-state index contributed by atoms with van der Waals surface area (Å²) in [5, 5.41) is 4.08. The number of hydrogen-bond acceptors (Lipinski definition) is 5. The van der Waals surface area contributed by atoms with Crippen LogP contribution in [0.1, 0.15) is 35.0 Å². The average molecular weight is 381 g/mol. The van der Waals surface area contributed by atoms with Gasteiger partial charge in [-0.3, -0.25) is 4.79 Å². The second-order valence-corrected chi connectivity index (χ2v) is 6.79. The summed E-state index contributed by atoms with van der Waals surface area (Å²) in [4.78, 5) is 19.0. The van der Waals surface area contributed by atoms with Gasteiger partial charge in [-0.25, -0.2) is 4.39 Å². The van der Waals surface area contributed by atoms with E-state index in [0.717, 1.165) is 18.4 Å². The largest absolute Gasteiger partial charge is 0.497 e. The Labute approximate surface area is 161 Å². The van der Waals surface area contributed by atoms with Crippen molar-refractivity contribution < 1.29 is 18.4 Å². The van der Waals surface area contributed by atoms with E-state index in [1.807, 2.05) is 24.3 Å². The molecule has 1 saturated heterocycles. The lowest BCUT2D eigenvalue weighted by Crippen LogP contribution is -2.39. The molecule has 2 aromatic carbocycles. The molecule has 6 nitrogen and oxygen atoms in total. The Balaban J connectivity index is 1.50. The summed E-state index contributed by atoms with van der Waals surface area (Å²) in [6.45, 7) is 1.10. The molecule has 2 heterocycles. The summed E-state index contributed by atoms with van der Waals surface area (Å²) in [7, 11) is 1.60. The zero-order valence-electron chi connectivity index (χ0n) is 15.5. The highest BCUT2D eigenvalue weighted by molar-refractivity contribution is 5.94. The van der Waals surface area contributed by atoms with E-state index in [-0.39, 0.29) is 11.8 Å². The molecule has 1 aliphatic heterocycles. The number of methoxy groups -OCH3 is 1. The van der Waals surface area contributed by atoms with Crippen LogP contribution in [0.15, 0.2) is 53.1 Å². The molecule has 3 aromatic rings. The number of amides is 1. The maximum Gasteiger partial charge on any atom is 0.253 e. The lowest BCUT2D eigenvalue weighted by atomic mass is 9.97. The Morgan fingerprint density at radius 2 is 2.11 bits per heavy atom. The number of hydrogen-bond donors (Lipinski definition) is 0. The molecule has 0 radical (unpaired) electrons. The van der Waals surface area contributed by atoms with Crippen molar-refractivity contribution >= 4 is 5.91 Å². The summed E-state index contributed by atoms with van der Waals surface area (Å²) in [5.41, 5.74) is 1.15. The Morgan fingerprint density at radius 3 is 2.93 bits per heavy atom. The van der Waals surface area contributed by atoms with Crippen LogP contribution in [-0.2, 0) is 0 Å². The number of ether oxygens (including phenoxy) is 1. The third-order valence-corrected chi connectivity index (χ3v) is 4.90. The van der Waals surface area contributed by atoms with E-state index >= 15 is 0 Å². The van der Waals surface area contributed by atoms with Crippen LogP contribution < -0.4 is 4.74 Å². The van der Waals surface area contributed by atoms with Crippen LogP contribution in [0.3, 0.4) is 0 Å². The van der Waals surface area contributed by atoms with Crippen molar-refractivity contribution in [3.63, 3.8) is 0 Å². The number of benzene rings is 2. The number of piperidine rings is 1. The Kier molecular flexibility index (Phi) is 5.06. The molecule has 1 amide bonds. The second kappa shape index (κ2) is 7.80. The molecule has 1 atom stereocenters. The highest BCUT2D eigenvalue weighted by Gasteiger charge is 2.29. The van der Waals surface area contributed by atoms with Crippen molar-refractivity contribution in [2.45, 2.75) is 18.8 Å². The van der Waals surface area contributed by atoms with E-state index in [2.05, 4.69) is 10.1 Å². The van der Waals surface area contributed by atoms with Gasteiger partial charge in [-0.05, 0) is 43.2 Å². The number of nitrogens with zero attached hydrogens (tertiary/aromatic N) is 3. The molecule has 0 saturated carbocycles. The molecule has 0 aliphatic carbocycles. The number of likely N-dealkylation sites (tertiary alicyclic amines) is 1. The summed E-state index contributed by atoms with van der Waals surface area (Å²) in [6.07, 6.45) is 1.68. The van der Waals surface area contributed by atoms with Gasteiger partial charge >= 0.3 is 0 Å². The number of carbonyl (C=O) groups is 1. The summed E-state index contributed by atoms with van der Waals surface area (Å²) < 4.78 is 24.2. The molecule has 144 valence electrons. The normalized spacial score (nSPS) is 16.8. The van der Waals surface area contributed by atoms with Crippen molar-refractivity contribution in [3.05, 3.63) is 65.8 Å². The van der Waals surface area contributed by atoms with Gasteiger partial charge in [0.1, 0.15) is 11.6 Å². The van der Waals surface area contributed by atoms with Crippen molar-refractivity contribution in [2.24, 2.45) is 0 Å². The van der Waals surface area contributed by atoms with E-state index < -0.39 is 5.82 Å². The quantitative estimate of drug-likeness (QED) is 0.686. The van der Waals surface area contributed by atoms with Crippen LogP contribution in [0.4, 0.5) is 4.39 Å². The minimum atomic E-state index is -0.417. The van der Waals surface area contributed by atoms with E-state index in [4.69, 9.17) is 9.26 Å². The van der Waals surface area contributed by atoms with Crippen molar-refractivity contribution in [1.82, 2.24) is 15.0 Å². The molecule has 0 unspecified atom stereocenters. The van der Waals surface area contributed by atoms with Crippen molar-refractivity contribution in [1.29, 1.82) is 0 Å². The van der Waals surface area contributed by atoms with Gasteiger partial charge in [-0.15, -0.1) is 0 Å². The first-order chi connectivity index (χ1) is 13.6. The molecule has 28 heavy (non-hydrogen) atoms. The van der Waals surface area contributed by atoms with Gasteiger partial charge in [-0.2, -0.15) is 4.98 Å². The fourth-order valence-corrected chi connectivity index (χ4v) is 3.45. The monoisotopic (exact) mass is 381 g/mol. The minimum Gasteiger partial charge on any atom is -0.497 e. The van der Waals surface area contributed by atoms with Crippen LogP contribution >= 0.6 is 0 Å². The second-order valence-electron chi connectivity index (χ2n) is 6.79. The first-order valence-corrected chi connectivity index (χ1v) is 9.17. The van der Waals surface area contributed by atoms with Gasteiger partial charge in [0.2, 0.25) is 11.7 Å². The van der Waals surface area contributed by atoms with Crippen LogP contribution in [0.5, 0.6) is 5.75 Å². The van der Waals surface area contributed by atoms with Crippen LogP contribution in [-0.4, -0.2) is 41.1 Å². The first kappa shape index (κ1) is 18.2. The smallest absolute Gasteiger partial charge is 0.253 e. The zero-order chi connectivity index (χ0) is 19.5. The number of aromatic nitrogens is 2. The highest BCUT2D eigenvalue weighted by Crippen LogP contribution is 2.29. The van der Waals surface area contributed by atoms with Gasteiger partial charge in [0, 0.05) is 24.2 Å². The predicted octanol–water partition coefficient (Wildman–Crippen LogP) is 3.90. The third-order valence-electron chi connectivity index (χ3n) is 4.90. The average Bonchev–Trinajstić information content (AvgIpc) is 3.24. The maximum atomic E-state index is 13.4. The Bertz CT molecular complexity index is 988. The molecule has 1 aromatic heterocycles. The molecule has 0 spiro atoms. The molecule has 0 N–H and O–H groups in total. The van der Waals surface area contributed by atoms with E-state index in [9.17, 15) is 9.18 Å². The molecule has 7 heteroatoms. The molecular formula is C21H20FN3O3. The summed E-state index contributed by atoms with van der Waals surface area (Å²) in [5.74, 6) is 1.07. The Hall–Kier alpha value is -3.22. The lowest BCUT2D eigenvalue weighted by Gasteiger charge is -2.31. The van der Waals surface area contributed by atoms with Gasteiger partial charge in [0.25, 0.3) is 5.91 Å². The van der Waals surface area contributed by atoms with Crippen molar-refractivity contribution in [3.8, 4) is 17.1 Å². The van der Waals surface area contributed by atoms with Gasteiger partial charge in [0.05, 0.1) is 13.0 Å². The van der Waals surface area contributed by atoms with E-state index in [0.29, 0.717) is 36.1 Å². The molecule has 1 aliphatic rings. The van der Waals surface area contributed by atoms with Gasteiger partial charge in [-0.1, -0.05) is 23.4 Å². The third kappa shape index (κ3) is 3.74. The molecule has 1 fully saturated rings.